The molecule has 1 aromatic heterocycles. The Bertz CT molecular complexity index is 764. The van der Waals surface area contributed by atoms with Crippen molar-refractivity contribution < 1.29 is 8.42 Å². The summed E-state index contributed by atoms with van der Waals surface area (Å²) in [7, 11) is -3.52. The van der Waals surface area contributed by atoms with E-state index in [1.807, 2.05) is 30.5 Å². The fourth-order valence-electron chi connectivity index (χ4n) is 2.39. The number of nitrogens with one attached hydrogen (secondary N) is 1. The number of nitrogens with two attached hydrogens (primary N) is 1. The second-order valence-electron chi connectivity index (χ2n) is 5.27. The monoisotopic (exact) mass is 342 g/mol. The molecule has 0 saturated heterocycles. The zero-order valence-corrected chi connectivity index (χ0v) is 14.2. The summed E-state index contributed by atoms with van der Waals surface area (Å²) in [6.07, 6.45) is 4.18. The van der Waals surface area contributed by atoms with E-state index in [1.54, 1.807) is 11.8 Å². The van der Waals surface area contributed by atoms with E-state index in [2.05, 4.69) is 4.72 Å². The van der Waals surface area contributed by atoms with Crippen LogP contribution in [0.25, 0.3) is 10.1 Å². The lowest BCUT2D eigenvalue weighted by atomic mass is 10.2. The Kier molecular flexibility index (Phi) is 4.04. The van der Waals surface area contributed by atoms with E-state index in [4.69, 9.17) is 5.73 Å². The molecule has 1 aliphatic rings. The van der Waals surface area contributed by atoms with Crippen LogP contribution in [0, 0.1) is 0 Å². The summed E-state index contributed by atoms with van der Waals surface area (Å²) >= 11 is 3.20. The normalized spacial score (nSPS) is 17.2. The molecule has 1 fully saturated rings. The highest BCUT2D eigenvalue weighted by Gasteiger charge is 2.42. The molecule has 0 unspecified atom stereocenters. The van der Waals surface area contributed by atoms with Crippen LogP contribution in [0.1, 0.15) is 17.7 Å². The van der Waals surface area contributed by atoms with E-state index >= 15 is 0 Å². The van der Waals surface area contributed by atoms with Crippen LogP contribution in [0.3, 0.4) is 0 Å². The molecule has 4 nitrogen and oxygen atoms in total. The van der Waals surface area contributed by atoms with Gasteiger partial charge in [-0.3, -0.25) is 0 Å². The van der Waals surface area contributed by atoms with Crippen molar-refractivity contribution in [3.8, 4) is 0 Å². The fourth-order valence-corrected chi connectivity index (χ4v) is 6.17. The lowest BCUT2D eigenvalue weighted by molar-refractivity contribution is 0.580. The number of fused-ring (bicyclic) bond motifs is 1. The van der Waals surface area contributed by atoms with Gasteiger partial charge in [-0.25, -0.2) is 13.1 Å². The Morgan fingerprint density at radius 2 is 2.10 bits per heavy atom. The molecule has 2 aromatic rings. The lowest BCUT2D eigenvalue weighted by Gasteiger charge is -2.14. The van der Waals surface area contributed by atoms with Crippen LogP contribution >= 0.6 is 23.1 Å². The molecule has 0 radical (unpaired) electrons. The summed E-state index contributed by atoms with van der Waals surface area (Å²) in [4.78, 5) is 1.08. The molecule has 0 amide bonds. The topological polar surface area (TPSA) is 72.2 Å². The number of hydrogen-bond donors (Lipinski definition) is 2. The number of benzene rings is 1. The lowest BCUT2D eigenvalue weighted by Crippen LogP contribution is -2.32. The molecule has 7 heteroatoms. The minimum Gasteiger partial charge on any atom is -0.326 e. The second kappa shape index (κ2) is 5.55. The maximum Gasteiger partial charge on any atom is 0.242 e. The van der Waals surface area contributed by atoms with E-state index in [9.17, 15) is 8.42 Å². The van der Waals surface area contributed by atoms with Crippen LogP contribution in [0.2, 0.25) is 0 Å². The number of hydrogen-bond acceptors (Lipinski definition) is 5. The largest absolute Gasteiger partial charge is 0.326 e. The van der Waals surface area contributed by atoms with Crippen LogP contribution < -0.4 is 10.5 Å². The van der Waals surface area contributed by atoms with Gasteiger partial charge in [0, 0.05) is 32.8 Å². The maximum atomic E-state index is 12.7. The molecule has 0 aliphatic heterocycles. The first-order valence-electron chi connectivity index (χ1n) is 6.77. The Labute approximate surface area is 133 Å². The van der Waals surface area contributed by atoms with Gasteiger partial charge >= 0.3 is 0 Å². The minimum absolute atomic E-state index is 0.0990. The van der Waals surface area contributed by atoms with Crippen molar-refractivity contribution in [2.24, 2.45) is 5.73 Å². The number of thiophene rings is 1. The smallest absolute Gasteiger partial charge is 0.242 e. The van der Waals surface area contributed by atoms with Crippen molar-refractivity contribution in [2.75, 3.05) is 12.8 Å². The first kappa shape index (κ1) is 15.3. The molecule has 1 aliphatic carbocycles. The standard InChI is InChI=1S/C14H18N2O2S3/c1-19-14(6-7-14)9-16-21(17,18)13-10-4-2-3-5-11(10)20-12(13)8-15/h2-5,16H,6-9,15H2,1H3. The Balaban J connectivity index is 1.98. The Hall–Kier alpha value is -0.600. The first-order chi connectivity index (χ1) is 10.0. The molecule has 3 N–H and O–H groups in total. The molecule has 114 valence electrons. The van der Waals surface area contributed by atoms with Gasteiger partial charge < -0.3 is 5.73 Å². The summed E-state index contributed by atoms with van der Waals surface area (Å²) in [5.41, 5.74) is 5.75. The Morgan fingerprint density at radius 3 is 2.71 bits per heavy atom. The summed E-state index contributed by atoms with van der Waals surface area (Å²) in [6.45, 7) is 0.730. The fraction of sp³-hybridized carbons (Fsp3) is 0.429. The molecule has 1 saturated carbocycles. The van der Waals surface area contributed by atoms with Crippen molar-refractivity contribution in [1.29, 1.82) is 0 Å². The van der Waals surface area contributed by atoms with Gasteiger partial charge in [-0.05, 0) is 25.2 Å². The number of sulfonamides is 1. The molecule has 1 heterocycles. The predicted molar refractivity (Wildman–Crippen MR) is 90.4 cm³/mol. The van der Waals surface area contributed by atoms with Crippen LogP contribution in [0.4, 0.5) is 0 Å². The molecular weight excluding hydrogens is 324 g/mol. The van der Waals surface area contributed by atoms with Crippen LogP contribution in [0.5, 0.6) is 0 Å². The SMILES string of the molecule is CSC1(CNS(=O)(=O)c2c(CN)sc3ccccc23)CC1. The molecule has 1 aromatic carbocycles. The third-order valence-corrected chi connectivity index (χ3v) is 8.17. The van der Waals surface area contributed by atoms with Crippen LogP contribution in [0.15, 0.2) is 29.2 Å². The van der Waals surface area contributed by atoms with Crippen molar-refractivity contribution in [3.05, 3.63) is 29.1 Å². The summed E-state index contributed by atoms with van der Waals surface area (Å²) < 4.78 is 29.3. The van der Waals surface area contributed by atoms with Gasteiger partial charge in [0.15, 0.2) is 0 Å². The minimum atomic E-state index is -3.52. The average Bonchev–Trinajstić information content (AvgIpc) is 3.17. The predicted octanol–water partition coefficient (Wildman–Crippen LogP) is 2.53. The van der Waals surface area contributed by atoms with Gasteiger partial charge in [-0.2, -0.15) is 11.8 Å². The van der Waals surface area contributed by atoms with E-state index in [-0.39, 0.29) is 11.3 Å². The molecular formula is C14H18N2O2S3. The highest BCUT2D eigenvalue weighted by molar-refractivity contribution is 8.00. The van der Waals surface area contributed by atoms with E-state index < -0.39 is 10.0 Å². The second-order valence-corrected chi connectivity index (χ2v) is 9.38. The molecule has 0 spiro atoms. The highest BCUT2D eigenvalue weighted by atomic mass is 32.2. The molecule has 0 bridgehead atoms. The van der Waals surface area contributed by atoms with Crippen molar-refractivity contribution in [2.45, 2.75) is 29.0 Å². The quantitative estimate of drug-likeness (QED) is 0.846. The number of thioether (sulfide) groups is 1. The van der Waals surface area contributed by atoms with Crippen LogP contribution in [-0.2, 0) is 16.6 Å². The third-order valence-electron chi connectivity index (χ3n) is 3.90. The van der Waals surface area contributed by atoms with Gasteiger partial charge in [-0.15, -0.1) is 11.3 Å². The van der Waals surface area contributed by atoms with E-state index in [0.717, 1.165) is 27.8 Å². The van der Waals surface area contributed by atoms with E-state index in [0.29, 0.717) is 11.4 Å². The first-order valence-corrected chi connectivity index (χ1v) is 10.3. The van der Waals surface area contributed by atoms with Gasteiger partial charge in [-0.1, -0.05) is 18.2 Å². The van der Waals surface area contributed by atoms with Crippen molar-refractivity contribution >= 4 is 43.2 Å². The van der Waals surface area contributed by atoms with Crippen molar-refractivity contribution in [3.63, 3.8) is 0 Å². The van der Waals surface area contributed by atoms with Gasteiger partial charge in [0.05, 0.1) is 0 Å². The summed E-state index contributed by atoms with van der Waals surface area (Å²) in [6, 6.07) is 7.55. The molecule has 21 heavy (non-hydrogen) atoms. The highest BCUT2D eigenvalue weighted by Crippen LogP contribution is 2.46. The zero-order valence-electron chi connectivity index (χ0n) is 11.8. The zero-order chi connectivity index (χ0) is 15.1. The van der Waals surface area contributed by atoms with Gasteiger partial charge in [0.1, 0.15) is 4.90 Å². The van der Waals surface area contributed by atoms with Gasteiger partial charge in [0.2, 0.25) is 10.0 Å². The third kappa shape index (κ3) is 2.85. The van der Waals surface area contributed by atoms with Gasteiger partial charge in [0.25, 0.3) is 0 Å². The molecule has 0 atom stereocenters. The average molecular weight is 343 g/mol. The summed E-state index contributed by atoms with van der Waals surface area (Å²) in [5.74, 6) is 0. The van der Waals surface area contributed by atoms with Crippen LogP contribution in [-0.4, -0.2) is 26.0 Å². The van der Waals surface area contributed by atoms with Crippen molar-refractivity contribution in [1.82, 2.24) is 4.72 Å². The number of rotatable bonds is 6. The van der Waals surface area contributed by atoms with E-state index in [1.165, 1.54) is 11.3 Å². The maximum absolute atomic E-state index is 12.7. The Morgan fingerprint density at radius 1 is 1.38 bits per heavy atom. The molecule has 3 rings (SSSR count). The summed E-state index contributed by atoms with van der Waals surface area (Å²) in [5, 5.41) is 0.768.